The Kier molecular flexibility index (Phi) is 2.20. The standard InChI is InChI=1S/C6H8N2O3/c9-3-7-4-1-2-5(10)8-6(4)11/h3-4H,1-2H2,(H,7,9)(H,8,10,11). The molecule has 5 heteroatoms. The topological polar surface area (TPSA) is 75.3 Å². The minimum absolute atomic E-state index is 0.279. The molecule has 1 saturated heterocycles. The van der Waals surface area contributed by atoms with Gasteiger partial charge in [-0.1, -0.05) is 0 Å². The molecule has 1 aliphatic heterocycles. The van der Waals surface area contributed by atoms with Gasteiger partial charge >= 0.3 is 0 Å². The van der Waals surface area contributed by atoms with Crippen LogP contribution in [0, 0.1) is 0 Å². The summed E-state index contributed by atoms with van der Waals surface area (Å²) in [5.74, 6) is -0.702. The van der Waals surface area contributed by atoms with Gasteiger partial charge in [0, 0.05) is 6.42 Å². The lowest BCUT2D eigenvalue weighted by atomic mass is 10.1. The molecule has 0 bridgehead atoms. The van der Waals surface area contributed by atoms with Crippen molar-refractivity contribution >= 4 is 18.2 Å². The molecule has 0 aromatic rings. The molecule has 1 heterocycles. The van der Waals surface area contributed by atoms with E-state index < -0.39 is 11.9 Å². The van der Waals surface area contributed by atoms with E-state index in [1.54, 1.807) is 0 Å². The third-order valence-electron chi connectivity index (χ3n) is 1.51. The van der Waals surface area contributed by atoms with Crippen LogP contribution in [-0.4, -0.2) is 24.3 Å². The van der Waals surface area contributed by atoms with Crippen molar-refractivity contribution in [2.45, 2.75) is 18.9 Å². The molecule has 0 radical (unpaired) electrons. The van der Waals surface area contributed by atoms with Crippen LogP contribution >= 0.6 is 0 Å². The Morgan fingerprint density at radius 3 is 2.82 bits per heavy atom. The molecule has 5 nitrogen and oxygen atoms in total. The van der Waals surface area contributed by atoms with Crippen molar-refractivity contribution in [3.05, 3.63) is 0 Å². The van der Waals surface area contributed by atoms with E-state index in [1.807, 2.05) is 0 Å². The van der Waals surface area contributed by atoms with Crippen LogP contribution in [0.4, 0.5) is 0 Å². The zero-order chi connectivity index (χ0) is 8.27. The first-order chi connectivity index (χ1) is 5.24. The van der Waals surface area contributed by atoms with Crippen LogP contribution in [0.5, 0.6) is 0 Å². The molecule has 3 amide bonds. The van der Waals surface area contributed by atoms with E-state index >= 15 is 0 Å². The SMILES string of the molecule is O=CNC1CCC(=O)NC1=O. The van der Waals surface area contributed by atoms with E-state index in [0.29, 0.717) is 12.8 Å². The number of hydrogen-bond acceptors (Lipinski definition) is 3. The van der Waals surface area contributed by atoms with Gasteiger partial charge in [0.15, 0.2) is 0 Å². The minimum Gasteiger partial charge on any atom is -0.347 e. The smallest absolute Gasteiger partial charge is 0.249 e. The fraction of sp³-hybridized carbons (Fsp3) is 0.500. The van der Waals surface area contributed by atoms with E-state index in [-0.39, 0.29) is 12.3 Å². The summed E-state index contributed by atoms with van der Waals surface area (Å²) in [4.78, 5) is 31.3. The van der Waals surface area contributed by atoms with E-state index in [1.165, 1.54) is 0 Å². The fourth-order valence-electron chi connectivity index (χ4n) is 0.935. The van der Waals surface area contributed by atoms with Gasteiger partial charge in [-0.25, -0.2) is 0 Å². The Morgan fingerprint density at radius 2 is 2.27 bits per heavy atom. The first-order valence-corrected chi connectivity index (χ1v) is 3.27. The largest absolute Gasteiger partial charge is 0.347 e. The molecule has 2 N–H and O–H groups in total. The average Bonchev–Trinajstić information content (AvgIpc) is 1.95. The number of imide groups is 1. The van der Waals surface area contributed by atoms with Gasteiger partial charge in [-0.15, -0.1) is 0 Å². The zero-order valence-electron chi connectivity index (χ0n) is 5.79. The molecule has 1 fully saturated rings. The zero-order valence-corrected chi connectivity index (χ0v) is 5.79. The molecule has 0 aromatic heterocycles. The van der Waals surface area contributed by atoms with Crippen LogP contribution in [0.25, 0.3) is 0 Å². The summed E-state index contributed by atoms with van der Waals surface area (Å²) in [5, 5.41) is 4.42. The number of hydrogen-bond donors (Lipinski definition) is 2. The number of rotatable bonds is 2. The maximum atomic E-state index is 10.8. The predicted octanol–water partition coefficient (Wildman–Crippen LogP) is -1.46. The molecule has 1 unspecified atom stereocenters. The highest BCUT2D eigenvalue weighted by Crippen LogP contribution is 2.02. The predicted molar refractivity (Wildman–Crippen MR) is 35.4 cm³/mol. The van der Waals surface area contributed by atoms with E-state index in [0.717, 1.165) is 0 Å². The van der Waals surface area contributed by atoms with Crippen LogP contribution in [0.15, 0.2) is 0 Å². The van der Waals surface area contributed by atoms with Gasteiger partial charge in [0.25, 0.3) is 0 Å². The quantitative estimate of drug-likeness (QED) is 0.379. The van der Waals surface area contributed by atoms with Crippen molar-refractivity contribution in [1.82, 2.24) is 10.6 Å². The lowest BCUT2D eigenvalue weighted by molar-refractivity contribution is -0.135. The maximum Gasteiger partial charge on any atom is 0.249 e. The first-order valence-electron chi connectivity index (χ1n) is 3.27. The second-order valence-corrected chi connectivity index (χ2v) is 2.29. The van der Waals surface area contributed by atoms with Gasteiger partial charge in [0.05, 0.1) is 0 Å². The molecule has 0 aliphatic carbocycles. The Balaban J connectivity index is 2.50. The second-order valence-electron chi connectivity index (χ2n) is 2.29. The molecule has 11 heavy (non-hydrogen) atoms. The third-order valence-corrected chi connectivity index (χ3v) is 1.51. The number of amides is 3. The Hall–Kier alpha value is -1.39. The van der Waals surface area contributed by atoms with Gasteiger partial charge in [0.2, 0.25) is 18.2 Å². The lowest BCUT2D eigenvalue weighted by Crippen LogP contribution is -2.50. The Bertz CT molecular complexity index is 202. The van der Waals surface area contributed by atoms with Crippen molar-refractivity contribution < 1.29 is 14.4 Å². The summed E-state index contributed by atoms with van der Waals surface area (Å²) in [7, 11) is 0. The number of carbonyl (C=O) groups excluding carboxylic acids is 3. The molecule has 0 aromatic carbocycles. The van der Waals surface area contributed by atoms with Crippen molar-refractivity contribution in [2.24, 2.45) is 0 Å². The molecule has 1 aliphatic rings. The van der Waals surface area contributed by atoms with Crippen molar-refractivity contribution in [3.8, 4) is 0 Å². The van der Waals surface area contributed by atoms with Crippen molar-refractivity contribution in [2.75, 3.05) is 0 Å². The molecular weight excluding hydrogens is 148 g/mol. The van der Waals surface area contributed by atoms with Crippen LogP contribution in [0.2, 0.25) is 0 Å². The van der Waals surface area contributed by atoms with Gasteiger partial charge in [-0.2, -0.15) is 0 Å². The van der Waals surface area contributed by atoms with Gasteiger partial charge in [-0.05, 0) is 6.42 Å². The van der Waals surface area contributed by atoms with Crippen molar-refractivity contribution in [1.29, 1.82) is 0 Å². The molecule has 60 valence electrons. The summed E-state index contributed by atoms with van der Waals surface area (Å²) in [5.41, 5.74) is 0. The summed E-state index contributed by atoms with van der Waals surface area (Å²) in [6.45, 7) is 0. The van der Waals surface area contributed by atoms with E-state index in [9.17, 15) is 14.4 Å². The average molecular weight is 156 g/mol. The first kappa shape index (κ1) is 7.71. The monoisotopic (exact) mass is 156 g/mol. The van der Waals surface area contributed by atoms with Crippen LogP contribution < -0.4 is 10.6 Å². The second kappa shape index (κ2) is 3.14. The highest BCUT2D eigenvalue weighted by molar-refractivity contribution is 6.00. The molecular formula is C6H8N2O3. The number of carbonyl (C=O) groups is 3. The van der Waals surface area contributed by atoms with Crippen LogP contribution in [-0.2, 0) is 14.4 Å². The molecule has 1 atom stereocenters. The van der Waals surface area contributed by atoms with Crippen molar-refractivity contribution in [3.63, 3.8) is 0 Å². The maximum absolute atomic E-state index is 10.8. The summed E-state index contributed by atoms with van der Waals surface area (Å²) in [6.07, 6.45) is 1.14. The summed E-state index contributed by atoms with van der Waals surface area (Å²) >= 11 is 0. The van der Waals surface area contributed by atoms with Gasteiger partial charge < -0.3 is 5.32 Å². The van der Waals surface area contributed by atoms with E-state index in [4.69, 9.17) is 0 Å². The highest BCUT2D eigenvalue weighted by Gasteiger charge is 2.25. The molecule has 1 rings (SSSR count). The Labute approximate surface area is 63.1 Å². The van der Waals surface area contributed by atoms with E-state index in [2.05, 4.69) is 10.6 Å². The van der Waals surface area contributed by atoms with Crippen LogP contribution in [0.3, 0.4) is 0 Å². The summed E-state index contributed by atoms with van der Waals surface area (Å²) in [6, 6.07) is -0.537. The van der Waals surface area contributed by atoms with Gasteiger partial charge in [-0.3, -0.25) is 19.7 Å². The van der Waals surface area contributed by atoms with Crippen LogP contribution in [0.1, 0.15) is 12.8 Å². The Morgan fingerprint density at radius 1 is 1.55 bits per heavy atom. The third kappa shape index (κ3) is 1.76. The molecule has 0 saturated carbocycles. The summed E-state index contributed by atoms with van der Waals surface area (Å²) < 4.78 is 0. The normalized spacial score (nSPS) is 24.2. The highest BCUT2D eigenvalue weighted by atomic mass is 16.2. The number of nitrogens with one attached hydrogen (secondary N) is 2. The number of piperidine rings is 1. The lowest BCUT2D eigenvalue weighted by Gasteiger charge is -2.19. The fourth-order valence-corrected chi connectivity index (χ4v) is 0.935. The minimum atomic E-state index is -0.537. The molecule has 0 spiro atoms. The van der Waals surface area contributed by atoms with Gasteiger partial charge in [0.1, 0.15) is 6.04 Å².